The van der Waals surface area contributed by atoms with Crippen molar-refractivity contribution in [2.45, 2.75) is 12.5 Å². The molecule has 5 nitrogen and oxygen atoms in total. The average molecular weight is 195 g/mol. The Kier molecular flexibility index (Phi) is 6.50. The van der Waals surface area contributed by atoms with Gasteiger partial charge >= 0.3 is 19.5 Å². The van der Waals surface area contributed by atoms with Crippen LogP contribution in [0.1, 0.15) is 6.42 Å². The SMILES string of the molecule is NC(CC(=O)[O-])C(=O)[O-].[64Zn+2]. The molecule has 1 atom stereocenters. The topological polar surface area (TPSA) is 106 Å². The van der Waals surface area contributed by atoms with E-state index in [1.165, 1.54) is 0 Å². The quantitative estimate of drug-likeness (QED) is 0.464. The zero-order valence-corrected chi connectivity index (χ0v) is 8.17. The van der Waals surface area contributed by atoms with Crippen molar-refractivity contribution in [3.63, 3.8) is 0 Å². The summed E-state index contributed by atoms with van der Waals surface area (Å²) < 4.78 is 0. The van der Waals surface area contributed by atoms with Crippen LogP contribution in [-0.2, 0) is 29.1 Å². The molecule has 0 spiro atoms. The number of hydrogen-bond donors (Lipinski definition) is 1. The van der Waals surface area contributed by atoms with Gasteiger partial charge in [0.15, 0.2) is 0 Å². The molecule has 0 rings (SSSR count). The van der Waals surface area contributed by atoms with Crippen molar-refractivity contribution in [3.05, 3.63) is 0 Å². The van der Waals surface area contributed by atoms with E-state index in [1.54, 1.807) is 0 Å². The van der Waals surface area contributed by atoms with Gasteiger partial charge in [-0.3, -0.25) is 0 Å². The molecule has 0 heterocycles. The Hall–Kier alpha value is -0.477. The number of carboxylic acid groups (broad SMARTS) is 2. The number of carbonyl (C=O) groups excluding carboxylic acids is 2. The number of rotatable bonds is 3. The van der Waals surface area contributed by atoms with E-state index in [9.17, 15) is 19.8 Å². The molecule has 2 N–H and O–H groups in total. The number of carbonyl (C=O) groups is 2. The number of aliphatic carboxylic acids is 2. The van der Waals surface area contributed by atoms with Crippen molar-refractivity contribution in [1.82, 2.24) is 0 Å². The minimum atomic E-state index is -1.58. The van der Waals surface area contributed by atoms with E-state index >= 15 is 0 Å². The summed E-state index contributed by atoms with van der Waals surface area (Å²) in [6.07, 6.45) is -0.706. The summed E-state index contributed by atoms with van der Waals surface area (Å²) in [5.41, 5.74) is 4.73. The van der Waals surface area contributed by atoms with Gasteiger partial charge in [-0.15, -0.1) is 0 Å². The Morgan fingerprint density at radius 3 is 1.90 bits per heavy atom. The summed E-state index contributed by atoms with van der Waals surface area (Å²) >= 11 is 0. The Morgan fingerprint density at radius 1 is 1.40 bits per heavy atom. The molecule has 0 aromatic heterocycles. The predicted molar refractivity (Wildman–Crippen MR) is 22.6 cm³/mol. The van der Waals surface area contributed by atoms with Crippen LogP contribution in [0.3, 0.4) is 0 Å². The molecule has 6 heteroatoms. The van der Waals surface area contributed by atoms with Crippen LogP contribution >= 0.6 is 0 Å². The molecule has 52 valence electrons. The van der Waals surface area contributed by atoms with Gasteiger partial charge in [-0.2, -0.15) is 0 Å². The van der Waals surface area contributed by atoms with Gasteiger partial charge in [0.1, 0.15) is 0 Å². The largest absolute Gasteiger partial charge is 2.00 e. The van der Waals surface area contributed by atoms with Gasteiger partial charge in [0, 0.05) is 18.4 Å². The fourth-order valence-corrected chi connectivity index (χ4v) is 0.263. The maximum Gasteiger partial charge on any atom is 2.00 e. The first kappa shape index (κ1) is 12.2. The summed E-state index contributed by atoms with van der Waals surface area (Å²) in [7, 11) is 0. The molecule has 0 radical (unpaired) electrons. The number of carboxylic acids is 2. The zero-order valence-electron chi connectivity index (χ0n) is 5.20. The summed E-state index contributed by atoms with van der Waals surface area (Å²) in [6.45, 7) is 0. The molecule has 0 aliphatic rings. The molecule has 0 aliphatic carbocycles. The van der Waals surface area contributed by atoms with Gasteiger partial charge in [-0.05, 0) is 0 Å². The molecule has 0 saturated carbocycles. The Balaban J connectivity index is 0. The summed E-state index contributed by atoms with van der Waals surface area (Å²) in [4.78, 5) is 19.3. The maximum atomic E-state index is 9.71. The predicted octanol–water partition coefficient (Wildman–Crippen LogP) is -3.80. The van der Waals surface area contributed by atoms with Gasteiger partial charge in [-0.25, -0.2) is 0 Å². The van der Waals surface area contributed by atoms with Crippen LogP contribution in [0.15, 0.2) is 0 Å². The van der Waals surface area contributed by atoms with Crippen molar-refractivity contribution in [3.8, 4) is 0 Å². The minimum absolute atomic E-state index is 0. The molecular weight excluding hydrogens is 190 g/mol. The van der Waals surface area contributed by atoms with E-state index in [4.69, 9.17) is 5.73 Å². The molecule has 0 saturated heterocycles. The summed E-state index contributed by atoms with van der Waals surface area (Å²) in [6, 6.07) is -1.46. The first-order valence-corrected chi connectivity index (χ1v) is 2.20. The molecule has 1 unspecified atom stereocenters. The van der Waals surface area contributed by atoms with Crippen LogP contribution in [-0.4, -0.2) is 18.0 Å². The van der Waals surface area contributed by atoms with E-state index in [0.717, 1.165) is 0 Å². The Labute approximate surface area is 70.0 Å². The van der Waals surface area contributed by atoms with Crippen LogP contribution in [0.25, 0.3) is 0 Å². The number of nitrogens with two attached hydrogens (primary N) is 1. The smallest absolute Gasteiger partial charge is 0.550 e. The second kappa shape index (κ2) is 5.32. The van der Waals surface area contributed by atoms with E-state index in [-0.39, 0.29) is 19.5 Å². The molecule has 0 bridgehead atoms. The van der Waals surface area contributed by atoms with Crippen LogP contribution in [0, 0.1) is 0 Å². The van der Waals surface area contributed by atoms with Gasteiger partial charge in [-0.1, -0.05) is 0 Å². The monoisotopic (exact) mass is 195 g/mol. The van der Waals surface area contributed by atoms with Gasteiger partial charge in [0.05, 0.1) is 5.97 Å². The van der Waals surface area contributed by atoms with E-state index in [2.05, 4.69) is 0 Å². The van der Waals surface area contributed by atoms with Gasteiger partial charge < -0.3 is 25.5 Å². The van der Waals surface area contributed by atoms with Crippen molar-refractivity contribution in [2.24, 2.45) is 5.73 Å². The fourth-order valence-electron chi connectivity index (χ4n) is 0.263. The standard InChI is InChI=1S/C4H7NO4.Zn/c5-2(4(8)9)1-3(6)7;/h2H,1,5H2,(H,6,7)(H,8,9);/q;+2/p-2/i;1-1. The normalized spacial score (nSPS) is 11.3. The molecule has 0 aromatic rings. The second-order valence-corrected chi connectivity index (χ2v) is 1.50. The first-order valence-electron chi connectivity index (χ1n) is 2.20. The molecule has 0 aromatic carbocycles. The summed E-state index contributed by atoms with van der Waals surface area (Å²) in [5, 5.41) is 19.3. The molecule has 0 fully saturated rings. The third-order valence-electron chi connectivity index (χ3n) is 0.689. The molecule has 0 aliphatic heterocycles. The second-order valence-electron chi connectivity index (χ2n) is 1.50. The van der Waals surface area contributed by atoms with Crippen LogP contribution in [0.4, 0.5) is 0 Å². The minimum Gasteiger partial charge on any atom is -0.550 e. The molecule has 10 heavy (non-hydrogen) atoms. The maximum absolute atomic E-state index is 9.71. The van der Waals surface area contributed by atoms with Crippen molar-refractivity contribution in [1.29, 1.82) is 0 Å². The third kappa shape index (κ3) is 5.66. The molecular formula is C4H5NO4Zn. The van der Waals surface area contributed by atoms with Crippen LogP contribution in [0.5, 0.6) is 0 Å². The van der Waals surface area contributed by atoms with E-state index in [1.807, 2.05) is 0 Å². The summed E-state index contributed by atoms with van der Waals surface area (Å²) in [5.74, 6) is -3.08. The van der Waals surface area contributed by atoms with Gasteiger partial charge in [0.2, 0.25) is 0 Å². The Bertz CT molecular complexity index is 137. The fraction of sp³-hybridized carbons (Fsp3) is 0.500. The van der Waals surface area contributed by atoms with Crippen molar-refractivity contribution < 1.29 is 39.3 Å². The van der Waals surface area contributed by atoms with Crippen molar-refractivity contribution in [2.75, 3.05) is 0 Å². The van der Waals surface area contributed by atoms with Crippen molar-refractivity contribution >= 4 is 11.9 Å². The van der Waals surface area contributed by atoms with E-state index in [0.29, 0.717) is 0 Å². The van der Waals surface area contributed by atoms with Gasteiger partial charge in [0.25, 0.3) is 0 Å². The third-order valence-corrected chi connectivity index (χ3v) is 0.689. The van der Waals surface area contributed by atoms with E-state index < -0.39 is 24.4 Å². The Morgan fingerprint density at radius 2 is 1.80 bits per heavy atom. The molecule has 0 amide bonds. The van der Waals surface area contributed by atoms with Crippen LogP contribution in [0.2, 0.25) is 0 Å². The zero-order chi connectivity index (χ0) is 7.44. The average Bonchev–Trinajstić information content (AvgIpc) is 1.63. The number of hydrogen-bond acceptors (Lipinski definition) is 5. The van der Waals surface area contributed by atoms with Crippen LogP contribution < -0.4 is 15.9 Å². The first-order chi connectivity index (χ1) is 4.04.